The van der Waals surface area contributed by atoms with Gasteiger partial charge in [0.05, 0.1) is 0 Å². The summed E-state index contributed by atoms with van der Waals surface area (Å²) in [6.07, 6.45) is 0. The molecule has 0 aliphatic carbocycles. The zero-order valence-electron chi connectivity index (χ0n) is 8.42. The van der Waals surface area contributed by atoms with Gasteiger partial charge in [-0.3, -0.25) is 9.63 Å². The van der Waals surface area contributed by atoms with E-state index in [1.54, 1.807) is 12.1 Å². The maximum atomic E-state index is 13.2. The van der Waals surface area contributed by atoms with Crippen molar-refractivity contribution in [2.75, 3.05) is 6.61 Å². The SMILES string of the molecule is Cc1ccc(F)c(CNOCC(N)=O)c1. The summed E-state index contributed by atoms with van der Waals surface area (Å²) in [5, 5.41) is 0. The molecule has 1 aromatic carbocycles. The number of aryl methyl sites for hydroxylation is 1. The summed E-state index contributed by atoms with van der Waals surface area (Å²) in [5.74, 6) is -0.886. The van der Waals surface area contributed by atoms with E-state index in [0.717, 1.165) is 5.56 Å². The fraction of sp³-hybridized carbons (Fsp3) is 0.300. The van der Waals surface area contributed by atoms with Gasteiger partial charge in [-0.2, -0.15) is 5.48 Å². The molecule has 0 saturated heterocycles. The number of carbonyl (C=O) groups is 1. The third-order valence-corrected chi connectivity index (χ3v) is 1.78. The van der Waals surface area contributed by atoms with Crippen LogP contribution in [-0.2, 0) is 16.2 Å². The van der Waals surface area contributed by atoms with Gasteiger partial charge in [0.25, 0.3) is 0 Å². The lowest BCUT2D eigenvalue weighted by Gasteiger charge is -2.06. The van der Waals surface area contributed by atoms with Crippen molar-refractivity contribution in [3.05, 3.63) is 35.1 Å². The molecule has 4 nitrogen and oxygen atoms in total. The fourth-order valence-corrected chi connectivity index (χ4v) is 1.09. The third-order valence-electron chi connectivity index (χ3n) is 1.78. The van der Waals surface area contributed by atoms with Crippen LogP contribution < -0.4 is 11.2 Å². The van der Waals surface area contributed by atoms with Crippen LogP contribution in [0.1, 0.15) is 11.1 Å². The second kappa shape index (κ2) is 5.43. The summed E-state index contributed by atoms with van der Waals surface area (Å²) in [6, 6.07) is 4.78. The molecule has 0 heterocycles. The highest BCUT2D eigenvalue weighted by atomic mass is 19.1. The van der Waals surface area contributed by atoms with Gasteiger partial charge in [-0.05, 0) is 13.0 Å². The zero-order chi connectivity index (χ0) is 11.3. The van der Waals surface area contributed by atoms with Crippen molar-refractivity contribution in [3.63, 3.8) is 0 Å². The fourth-order valence-electron chi connectivity index (χ4n) is 1.09. The van der Waals surface area contributed by atoms with E-state index in [4.69, 9.17) is 10.6 Å². The molecule has 0 unspecified atom stereocenters. The van der Waals surface area contributed by atoms with E-state index >= 15 is 0 Å². The van der Waals surface area contributed by atoms with Crippen molar-refractivity contribution < 1.29 is 14.0 Å². The highest BCUT2D eigenvalue weighted by Crippen LogP contribution is 2.09. The largest absolute Gasteiger partial charge is 0.368 e. The Hall–Kier alpha value is -1.46. The Kier molecular flexibility index (Phi) is 4.20. The van der Waals surface area contributed by atoms with E-state index in [9.17, 15) is 9.18 Å². The number of amides is 1. The molecule has 0 saturated carbocycles. The number of hydrogen-bond donors (Lipinski definition) is 2. The van der Waals surface area contributed by atoms with E-state index < -0.39 is 5.91 Å². The van der Waals surface area contributed by atoms with Crippen molar-refractivity contribution in [1.29, 1.82) is 0 Å². The van der Waals surface area contributed by atoms with Crippen LogP contribution in [0.2, 0.25) is 0 Å². The number of carbonyl (C=O) groups excluding carboxylic acids is 1. The molecule has 0 spiro atoms. The molecule has 1 aromatic rings. The number of nitrogens with two attached hydrogens (primary N) is 1. The average Bonchev–Trinajstić information content (AvgIpc) is 2.17. The summed E-state index contributed by atoms with van der Waals surface area (Å²) in [4.78, 5) is 15.0. The van der Waals surface area contributed by atoms with E-state index in [2.05, 4.69) is 5.48 Å². The maximum absolute atomic E-state index is 13.2. The Balaban J connectivity index is 2.43. The molecule has 0 aromatic heterocycles. The molecular formula is C10H13FN2O2. The molecule has 5 heteroatoms. The van der Waals surface area contributed by atoms with Crippen molar-refractivity contribution in [3.8, 4) is 0 Å². The van der Waals surface area contributed by atoms with Gasteiger partial charge in [0.15, 0.2) is 0 Å². The molecule has 0 atom stereocenters. The number of halogens is 1. The van der Waals surface area contributed by atoms with E-state index in [-0.39, 0.29) is 19.0 Å². The molecular weight excluding hydrogens is 199 g/mol. The van der Waals surface area contributed by atoms with Gasteiger partial charge in [0.2, 0.25) is 5.91 Å². The van der Waals surface area contributed by atoms with Crippen LogP contribution in [-0.4, -0.2) is 12.5 Å². The number of nitrogens with one attached hydrogen (secondary N) is 1. The number of hydroxylamine groups is 1. The summed E-state index contributed by atoms with van der Waals surface area (Å²) < 4.78 is 13.2. The molecule has 1 rings (SSSR count). The number of benzene rings is 1. The van der Waals surface area contributed by atoms with Gasteiger partial charge in [-0.25, -0.2) is 4.39 Å². The predicted molar refractivity (Wildman–Crippen MR) is 53.1 cm³/mol. The molecule has 82 valence electrons. The van der Waals surface area contributed by atoms with E-state index in [0.29, 0.717) is 5.56 Å². The lowest BCUT2D eigenvalue weighted by atomic mass is 10.1. The van der Waals surface area contributed by atoms with Crippen LogP contribution in [0.5, 0.6) is 0 Å². The van der Waals surface area contributed by atoms with Gasteiger partial charge < -0.3 is 5.73 Å². The first kappa shape index (κ1) is 11.6. The van der Waals surface area contributed by atoms with Crippen LogP contribution >= 0.6 is 0 Å². The lowest BCUT2D eigenvalue weighted by molar-refractivity contribution is -0.125. The van der Waals surface area contributed by atoms with Crippen molar-refractivity contribution in [1.82, 2.24) is 5.48 Å². The predicted octanol–water partition coefficient (Wildman–Crippen LogP) is 0.641. The molecule has 1 amide bonds. The van der Waals surface area contributed by atoms with Crippen LogP contribution in [0.25, 0.3) is 0 Å². The van der Waals surface area contributed by atoms with Gasteiger partial charge >= 0.3 is 0 Å². The number of primary amides is 1. The Labute approximate surface area is 87.2 Å². The lowest BCUT2D eigenvalue weighted by Crippen LogP contribution is -2.24. The summed E-state index contributed by atoms with van der Waals surface area (Å²) >= 11 is 0. The Bertz CT molecular complexity index is 355. The Morgan fingerprint density at radius 3 is 3.00 bits per heavy atom. The summed E-state index contributed by atoms with van der Waals surface area (Å²) in [6.45, 7) is 1.83. The second-order valence-corrected chi connectivity index (χ2v) is 3.17. The molecule has 0 fully saturated rings. The number of rotatable bonds is 5. The molecule has 3 N–H and O–H groups in total. The van der Waals surface area contributed by atoms with Gasteiger partial charge in [0, 0.05) is 12.1 Å². The maximum Gasteiger partial charge on any atom is 0.245 e. The van der Waals surface area contributed by atoms with Crippen LogP contribution in [0.3, 0.4) is 0 Å². The topological polar surface area (TPSA) is 64.3 Å². The first-order valence-electron chi connectivity index (χ1n) is 4.47. The van der Waals surface area contributed by atoms with E-state index in [1.165, 1.54) is 6.07 Å². The monoisotopic (exact) mass is 212 g/mol. The van der Waals surface area contributed by atoms with Gasteiger partial charge in [-0.1, -0.05) is 17.7 Å². The standard InChI is InChI=1S/C10H13FN2O2/c1-7-2-3-9(11)8(4-7)5-13-15-6-10(12)14/h2-4,13H,5-6H2,1H3,(H2,12,14). The highest BCUT2D eigenvalue weighted by molar-refractivity contribution is 5.74. The first-order valence-corrected chi connectivity index (χ1v) is 4.47. The zero-order valence-corrected chi connectivity index (χ0v) is 8.42. The first-order chi connectivity index (χ1) is 7.09. The number of hydrogen-bond acceptors (Lipinski definition) is 3. The van der Waals surface area contributed by atoms with Crippen molar-refractivity contribution in [2.24, 2.45) is 5.73 Å². The third kappa shape index (κ3) is 4.05. The van der Waals surface area contributed by atoms with Crippen LogP contribution in [0.4, 0.5) is 4.39 Å². The Morgan fingerprint density at radius 2 is 2.33 bits per heavy atom. The minimum absolute atomic E-state index is 0.195. The molecule has 0 aliphatic heterocycles. The highest BCUT2D eigenvalue weighted by Gasteiger charge is 2.02. The van der Waals surface area contributed by atoms with Crippen LogP contribution in [0, 0.1) is 12.7 Å². The Morgan fingerprint density at radius 1 is 1.60 bits per heavy atom. The van der Waals surface area contributed by atoms with Gasteiger partial charge in [0.1, 0.15) is 12.4 Å². The van der Waals surface area contributed by atoms with Gasteiger partial charge in [-0.15, -0.1) is 0 Å². The normalized spacial score (nSPS) is 10.3. The van der Waals surface area contributed by atoms with Crippen LogP contribution in [0.15, 0.2) is 18.2 Å². The molecule has 0 bridgehead atoms. The summed E-state index contributed by atoms with van der Waals surface area (Å²) in [7, 11) is 0. The molecule has 0 radical (unpaired) electrons. The summed E-state index contributed by atoms with van der Waals surface area (Å²) in [5.41, 5.74) is 8.75. The second-order valence-electron chi connectivity index (χ2n) is 3.17. The molecule has 0 aliphatic rings. The van der Waals surface area contributed by atoms with Crippen molar-refractivity contribution >= 4 is 5.91 Å². The minimum atomic E-state index is -0.577. The molecule has 15 heavy (non-hydrogen) atoms. The van der Waals surface area contributed by atoms with Crippen molar-refractivity contribution in [2.45, 2.75) is 13.5 Å². The van der Waals surface area contributed by atoms with E-state index in [1.807, 2.05) is 6.92 Å². The minimum Gasteiger partial charge on any atom is -0.368 e. The average molecular weight is 212 g/mol. The smallest absolute Gasteiger partial charge is 0.245 e. The quantitative estimate of drug-likeness (QED) is 0.556.